The van der Waals surface area contributed by atoms with Gasteiger partial charge < -0.3 is 9.80 Å². The predicted molar refractivity (Wildman–Crippen MR) is 171 cm³/mol. The van der Waals surface area contributed by atoms with Gasteiger partial charge in [-0.1, -0.05) is 86.6 Å². The molecule has 7 rings (SSSR count). The van der Waals surface area contributed by atoms with E-state index in [2.05, 4.69) is 156 Å². The van der Waals surface area contributed by atoms with Crippen LogP contribution in [0.4, 0.5) is 40.1 Å². The molecule has 0 fully saturated rings. The molecule has 0 saturated heterocycles. The second kappa shape index (κ2) is 10.4. The first-order chi connectivity index (χ1) is 20.2. The van der Waals surface area contributed by atoms with Gasteiger partial charge in [-0.2, -0.15) is 0 Å². The van der Waals surface area contributed by atoms with Crippen LogP contribution in [0.3, 0.4) is 0 Å². The van der Waals surface area contributed by atoms with Crippen LogP contribution in [-0.4, -0.2) is 11.1 Å². The molecule has 5 aromatic rings. The first-order valence-corrected chi connectivity index (χ1v) is 14.9. The van der Waals surface area contributed by atoms with Gasteiger partial charge >= 0.3 is 0 Å². The van der Waals surface area contributed by atoms with Crippen LogP contribution < -0.4 is 14.7 Å². The zero-order valence-corrected chi connectivity index (χ0v) is 23.8. The van der Waals surface area contributed by atoms with Gasteiger partial charge in [0.1, 0.15) is 12.0 Å². The summed E-state index contributed by atoms with van der Waals surface area (Å²) in [5.41, 5.74) is 7.43. The lowest BCUT2D eigenvalue weighted by molar-refractivity contribution is 0.354. The van der Waals surface area contributed by atoms with Crippen molar-refractivity contribution in [3.05, 3.63) is 133 Å². The van der Waals surface area contributed by atoms with E-state index in [0.29, 0.717) is 0 Å². The summed E-state index contributed by atoms with van der Waals surface area (Å²) in [5.74, 6) is 1.93. The normalized spacial score (nSPS) is 16.9. The lowest BCUT2D eigenvalue weighted by Crippen LogP contribution is -2.37. The van der Waals surface area contributed by atoms with Crippen LogP contribution in [0.15, 0.2) is 127 Å². The minimum atomic E-state index is 0.151. The van der Waals surface area contributed by atoms with Crippen LogP contribution in [0, 0.1) is 0 Å². The monoisotopic (exact) mass is 536 g/mol. The number of anilines is 7. The highest BCUT2D eigenvalue weighted by Crippen LogP contribution is 2.55. The Balaban J connectivity index is 1.46. The summed E-state index contributed by atoms with van der Waals surface area (Å²) in [7, 11) is 0. The number of pyridine rings is 1. The fourth-order valence-corrected chi connectivity index (χ4v) is 7.00. The van der Waals surface area contributed by atoms with E-state index in [4.69, 9.17) is 4.98 Å². The van der Waals surface area contributed by atoms with E-state index in [1.165, 1.54) is 16.9 Å². The van der Waals surface area contributed by atoms with Crippen LogP contribution in [-0.2, 0) is 5.41 Å². The molecule has 204 valence electrons. The maximum atomic E-state index is 5.52. The zero-order chi connectivity index (χ0) is 27.8. The van der Waals surface area contributed by atoms with E-state index in [1.807, 2.05) is 0 Å². The summed E-state index contributed by atoms with van der Waals surface area (Å²) >= 11 is 0. The molecule has 0 radical (unpaired) electrons. The van der Waals surface area contributed by atoms with Gasteiger partial charge in [0.15, 0.2) is 5.82 Å². The fraction of sp³-hybridized carbons (Fsp3) is 0.216. The Bertz CT molecular complexity index is 1590. The first kappa shape index (κ1) is 25.4. The minimum absolute atomic E-state index is 0.151. The van der Waals surface area contributed by atoms with Crippen molar-refractivity contribution in [3.63, 3.8) is 0 Å². The molecule has 4 nitrogen and oxygen atoms in total. The van der Waals surface area contributed by atoms with Gasteiger partial charge in [0.05, 0.1) is 5.69 Å². The first-order valence-electron chi connectivity index (χ1n) is 14.9. The SMILES string of the molecule is CCC1(CC)CCC2N(c3ccccc3)c3ccc(N(c4ccccc4)c4ccccc4)nc3N2c2ccccc21. The molecule has 0 spiro atoms. The van der Waals surface area contributed by atoms with Crippen LogP contribution in [0.1, 0.15) is 45.1 Å². The highest BCUT2D eigenvalue weighted by Gasteiger charge is 2.45. The van der Waals surface area contributed by atoms with E-state index < -0.39 is 0 Å². The molecule has 41 heavy (non-hydrogen) atoms. The van der Waals surface area contributed by atoms with Gasteiger partial charge in [-0.05, 0) is 91.3 Å². The number of rotatable bonds is 6. The molecule has 2 aliphatic rings. The average Bonchev–Trinajstić information content (AvgIpc) is 3.29. The second-order valence-electron chi connectivity index (χ2n) is 11.1. The molecule has 2 aliphatic heterocycles. The quantitative estimate of drug-likeness (QED) is 0.215. The van der Waals surface area contributed by atoms with Crippen molar-refractivity contribution in [2.75, 3.05) is 14.7 Å². The predicted octanol–water partition coefficient (Wildman–Crippen LogP) is 10.0. The standard InChI is InChI=1S/C37H36N4/c1-3-37(4-2)27-26-35-40(30-20-12-7-13-21-30)33-24-25-34(38-36(33)41(35)32-23-15-14-22-31(32)37)39(28-16-8-5-9-17-28)29-18-10-6-11-19-29/h5-25,35H,3-4,26-27H2,1-2H3. The van der Waals surface area contributed by atoms with Crippen molar-refractivity contribution in [2.24, 2.45) is 0 Å². The molecule has 1 aromatic heterocycles. The third kappa shape index (κ3) is 4.17. The average molecular weight is 537 g/mol. The molecule has 0 amide bonds. The third-order valence-corrected chi connectivity index (χ3v) is 9.19. The number of nitrogens with zero attached hydrogens (tertiary/aromatic N) is 4. The summed E-state index contributed by atoms with van der Waals surface area (Å²) in [4.78, 5) is 12.8. The van der Waals surface area contributed by atoms with Gasteiger partial charge in [-0.3, -0.25) is 4.90 Å². The summed E-state index contributed by atoms with van der Waals surface area (Å²) in [5, 5.41) is 0. The number of hydrogen-bond donors (Lipinski definition) is 0. The molecule has 0 saturated carbocycles. The number of hydrogen-bond acceptors (Lipinski definition) is 4. The Morgan fingerprint density at radius 1 is 0.659 bits per heavy atom. The molecule has 4 heteroatoms. The maximum absolute atomic E-state index is 5.52. The molecule has 0 bridgehead atoms. The number of para-hydroxylation sites is 4. The van der Waals surface area contributed by atoms with Crippen LogP contribution in [0.5, 0.6) is 0 Å². The van der Waals surface area contributed by atoms with Crippen molar-refractivity contribution < 1.29 is 0 Å². The lowest BCUT2D eigenvalue weighted by atomic mass is 9.72. The van der Waals surface area contributed by atoms with E-state index in [9.17, 15) is 0 Å². The summed E-state index contributed by atoms with van der Waals surface area (Å²) in [6, 6.07) is 45.4. The highest BCUT2D eigenvalue weighted by atomic mass is 15.5. The molecule has 0 N–H and O–H groups in total. The second-order valence-corrected chi connectivity index (χ2v) is 11.1. The zero-order valence-electron chi connectivity index (χ0n) is 23.8. The Morgan fingerprint density at radius 3 is 1.88 bits per heavy atom. The Labute approximate surface area is 243 Å². The Kier molecular flexibility index (Phi) is 6.47. The molecule has 4 aromatic carbocycles. The van der Waals surface area contributed by atoms with Crippen molar-refractivity contribution in [2.45, 2.75) is 51.1 Å². The highest BCUT2D eigenvalue weighted by molar-refractivity contribution is 5.89. The van der Waals surface area contributed by atoms with E-state index in [0.717, 1.165) is 54.4 Å². The van der Waals surface area contributed by atoms with Gasteiger partial charge in [-0.25, -0.2) is 4.98 Å². The third-order valence-electron chi connectivity index (χ3n) is 9.19. The largest absolute Gasteiger partial charge is 0.317 e. The van der Waals surface area contributed by atoms with Crippen LogP contribution >= 0.6 is 0 Å². The van der Waals surface area contributed by atoms with Crippen molar-refractivity contribution in [1.82, 2.24) is 4.98 Å². The minimum Gasteiger partial charge on any atom is -0.317 e. The summed E-state index contributed by atoms with van der Waals surface area (Å²) in [6.45, 7) is 4.71. The number of benzene rings is 4. The van der Waals surface area contributed by atoms with Crippen molar-refractivity contribution in [3.8, 4) is 0 Å². The Morgan fingerprint density at radius 2 is 1.24 bits per heavy atom. The Hall–Kier alpha value is -4.57. The van der Waals surface area contributed by atoms with E-state index in [1.54, 1.807) is 0 Å². The van der Waals surface area contributed by atoms with Crippen molar-refractivity contribution >= 4 is 40.1 Å². The molecule has 0 aliphatic carbocycles. The smallest absolute Gasteiger partial charge is 0.161 e. The maximum Gasteiger partial charge on any atom is 0.161 e. The molecule has 1 unspecified atom stereocenters. The molecular formula is C37H36N4. The van der Waals surface area contributed by atoms with Gasteiger partial charge in [-0.15, -0.1) is 0 Å². The van der Waals surface area contributed by atoms with Gasteiger partial charge in [0, 0.05) is 22.7 Å². The van der Waals surface area contributed by atoms with Gasteiger partial charge in [0.25, 0.3) is 0 Å². The van der Waals surface area contributed by atoms with Crippen LogP contribution in [0.25, 0.3) is 0 Å². The topological polar surface area (TPSA) is 22.6 Å². The van der Waals surface area contributed by atoms with Crippen LogP contribution in [0.2, 0.25) is 0 Å². The number of aromatic nitrogens is 1. The summed E-state index contributed by atoms with van der Waals surface area (Å²) in [6.07, 6.45) is 4.60. The van der Waals surface area contributed by atoms with E-state index >= 15 is 0 Å². The molecular weight excluding hydrogens is 500 g/mol. The van der Waals surface area contributed by atoms with E-state index in [-0.39, 0.29) is 11.6 Å². The van der Waals surface area contributed by atoms with Crippen molar-refractivity contribution in [1.29, 1.82) is 0 Å². The molecule has 3 heterocycles. The van der Waals surface area contributed by atoms with Gasteiger partial charge in [0.2, 0.25) is 0 Å². The fourth-order valence-electron chi connectivity index (χ4n) is 7.00. The lowest BCUT2D eigenvalue weighted by Gasteiger charge is -2.33. The number of fused-ring (bicyclic) bond motifs is 5. The molecule has 1 atom stereocenters. The summed E-state index contributed by atoms with van der Waals surface area (Å²) < 4.78 is 0.